The molecule has 3 heterocycles. The van der Waals surface area contributed by atoms with Crippen molar-refractivity contribution in [3.8, 4) is 5.75 Å². The van der Waals surface area contributed by atoms with E-state index < -0.39 is 11.5 Å². The number of amides is 3. The second kappa shape index (κ2) is 8.68. The van der Waals surface area contributed by atoms with E-state index in [0.717, 1.165) is 34.3 Å². The number of urea groups is 1. The molecule has 0 radical (unpaired) electrons. The molecular weight excluding hydrogens is 432 g/mol. The van der Waals surface area contributed by atoms with E-state index >= 15 is 0 Å². The Morgan fingerprint density at radius 3 is 2.62 bits per heavy atom. The first kappa shape index (κ1) is 22.3. The summed E-state index contributed by atoms with van der Waals surface area (Å²) in [7, 11) is 1.63. The minimum Gasteiger partial charge on any atom is -0.497 e. The van der Waals surface area contributed by atoms with Crippen molar-refractivity contribution in [2.75, 3.05) is 39.9 Å². The number of carbonyl (C=O) groups is 2. The number of aromatic nitrogens is 1. The van der Waals surface area contributed by atoms with Gasteiger partial charge in [0.2, 0.25) is 0 Å². The molecule has 1 fully saturated rings. The van der Waals surface area contributed by atoms with E-state index in [1.165, 1.54) is 0 Å². The Morgan fingerprint density at radius 1 is 1.18 bits per heavy atom. The minimum atomic E-state index is -0.505. The van der Waals surface area contributed by atoms with Gasteiger partial charge in [0.15, 0.2) is 0 Å². The van der Waals surface area contributed by atoms with Crippen LogP contribution < -0.4 is 10.1 Å². The number of likely N-dealkylation sites (tertiary alicyclic amines) is 1. The summed E-state index contributed by atoms with van der Waals surface area (Å²) in [5.74, 6) is 0.599. The van der Waals surface area contributed by atoms with Gasteiger partial charge in [0, 0.05) is 54.4 Å². The van der Waals surface area contributed by atoms with E-state index in [2.05, 4.69) is 10.3 Å². The van der Waals surface area contributed by atoms with Crippen LogP contribution in [-0.2, 0) is 5.41 Å². The second-order valence-corrected chi connectivity index (χ2v) is 9.19. The van der Waals surface area contributed by atoms with E-state index in [0.29, 0.717) is 31.7 Å². The number of rotatable bonds is 5. The number of hydrogen-bond acceptors (Lipinski definition) is 4. The Labute approximate surface area is 198 Å². The van der Waals surface area contributed by atoms with Crippen LogP contribution in [0.3, 0.4) is 0 Å². The average molecular weight is 463 g/mol. The highest BCUT2D eigenvalue weighted by Gasteiger charge is 2.55. The lowest BCUT2D eigenvalue weighted by molar-refractivity contribution is 0.0140. The van der Waals surface area contributed by atoms with E-state index in [1.807, 2.05) is 43.3 Å². The van der Waals surface area contributed by atoms with Crippen LogP contribution in [0.1, 0.15) is 41.0 Å². The molecule has 3 amide bonds. The molecule has 0 unspecified atom stereocenters. The smallest absolute Gasteiger partial charge is 0.317 e. The van der Waals surface area contributed by atoms with Gasteiger partial charge in [-0.25, -0.2) is 4.79 Å². The SMILES string of the molecule is CCCNC(=O)N1CC2(C1)CN(C(=O)c1ccccc1)[C@H](CO)c1[nH]c3cc(OC)ccc3c12. The third kappa shape index (κ3) is 3.49. The van der Waals surface area contributed by atoms with Crippen molar-refractivity contribution in [2.45, 2.75) is 24.8 Å². The number of nitrogens with one attached hydrogen (secondary N) is 2. The van der Waals surface area contributed by atoms with Crippen LogP contribution in [0, 0.1) is 0 Å². The molecule has 8 heteroatoms. The predicted molar refractivity (Wildman–Crippen MR) is 129 cm³/mol. The van der Waals surface area contributed by atoms with Gasteiger partial charge >= 0.3 is 6.03 Å². The molecule has 34 heavy (non-hydrogen) atoms. The Balaban J connectivity index is 1.58. The van der Waals surface area contributed by atoms with Crippen LogP contribution in [0.25, 0.3) is 10.9 Å². The fourth-order valence-electron chi connectivity index (χ4n) is 5.40. The van der Waals surface area contributed by atoms with Crippen molar-refractivity contribution >= 4 is 22.8 Å². The lowest BCUT2D eigenvalue weighted by Gasteiger charge is -2.55. The van der Waals surface area contributed by atoms with Crippen LogP contribution >= 0.6 is 0 Å². The number of aliphatic hydroxyl groups is 1. The molecule has 2 aromatic carbocycles. The third-order valence-electron chi connectivity index (χ3n) is 7.00. The number of H-pyrrole nitrogens is 1. The number of methoxy groups -OCH3 is 1. The fraction of sp³-hybridized carbons (Fsp3) is 0.385. The quantitative estimate of drug-likeness (QED) is 0.543. The van der Waals surface area contributed by atoms with Gasteiger partial charge in [-0.1, -0.05) is 25.1 Å². The largest absolute Gasteiger partial charge is 0.497 e. The lowest BCUT2D eigenvalue weighted by Crippen LogP contribution is -2.69. The van der Waals surface area contributed by atoms with Crippen molar-refractivity contribution < 1.29 is 19.4 Å². The molecule has 1 atom stereocenters. The Hall–Kier alpha value is -3.52. The topological polar surface area (TPSA) is 97.9 Å². The predicted octanol–water partition coefficient (Wildman–Crippen LogP) is 3.04. The monoisotopic (exact) mass is 462 g/mol. The highest BCUT2D eigenvalue weighted by atomic mass is 16.5. The first-order valence-electron chi connectivity index (χ1n) is 11.7. The standard InChI is InChI=1S/C26H30N4O4/c1-3-11-27-25(33)29-14-26(15-29)16-30(24(32)17-7-5-4-6-8-17)21(13-31)23-22(26)19-10-9-18(34-2)12-20(19)28-23/h4-10,12,21,28,31H,3,11,13-16H2,1-2H3,(H,27,33)/t21-/m1/s1. The number of fused-ring (bicyclic) bond motifs is 4. The van der Waals surface area contributed by atoms with Gasteiger partial charge in [-0.15, -0.1) is 0 Å². The van der Waals surface area contributed by atoms with Crippen LogP contribution in [0.4, 0.5) is 4.79 Å². The van der Waals surface area contributed by atoms with Gasteiger partial charge < -0.3 is 29.9 Å². The molecule has 0 saturated carbocycles. The second-order valence-electron chi connectivity index (χ2n) is 9.19. The molecular formula is C26H30N4O4. The molecule has 1 aromatic heterocycles. The van der Waals surface area contributed by atoms with Crippen molar-refractivity contribution in [3.05, 3.63) is 65.4 Å². The van der Waals surface area contributed by atoms with Gasteiger partial charge in [-0.2, -0.15) is 0 Å². The number of aromatic amines is 1. The van der Waals surface area contributed by atoms with E-state index in [1.54, 1.807) is 29.0 Å². The summed E-state index contributed by atoms with van der Waals surface area (Å²) in [6, 6.07) is 14.4. The molecule has 178 valence electrons. The summed E-state index contributed by atoms with van der Waals surface area (Å²) < 4.78 is 5.41. The van der Waals surface area contributed by atoms with Gasteiger partial charge in [0.25, 0.3) is 5.91 Å². The first-order valence-corrected chi connectivity index (χ1v) is 11.7. The van der Waals surface area contributed by atoms with Crippen molar-refractivity contribution in [1.82, 2.24) is 20.1 Å². The number of aliphatic hydroxyl groups excluding tert-OH is 1. The van der Waals surface area contributed by atoms with E-state index in [4.69, 9.17) is 4.74 Å². The summed E-state index contributed by atoms with van der Waals surface area (Å²) in [5.41, 5.74) is 2.97. The zero-order valence-electron chi connectivity index (χ0n) is 19.5. The van der Waals surface area contributed by atoms with Crippen LogP contribution in [-0.4, -0.2) is 71.7 Å². The Bertz CT molecular complexity index is 1220. The molecule has 2 aliphatic heterocycles. The lowest BCUT2D eigenvalue weighted by atomic mass is 9.68. The third-order valence-corrected chi connectivity index (χ3v) is 7.00. The first-order chi connectivity index (χ1) is 16.5. The number of hydrogen-bond donors (Lipinski definition) is 3. The summed E-state index contributed by atoms with van der Waals surface area (Å²) in [6.45, 7) is 3.89. The molecule has 3 aromatic rings. The van der Waals surface area contributed by atoms with Crippen molar-refractivity contribution in [3.63, 3.8) is 0 Å². The highest BCUT2D eigenvalue weighted by Crippen LogP contribution is 2.48. The Morgan fingerprint density at radius 2 is 1.94 bits per heavy atom. The zero-order valence-corrected chi connectivity index (χ0v) is 19.5. The summed E-state index contributed by atoms with van der Waals surface area (Å²) in [5, 5.41) is 14.4. The van der Waals surface area contributed by atoms with Gasteiger partial charge in [-0.05, 0) is 36.2 Å². The minimum absolute atomic E-state index is 0.0826. The molecule has 5 rings (SSSR count). The summed E-state index contributed by atoms with van der Waals surface area (Å²) >= 11 is 0. The summed E-state index contributed by atoms with van der Waals surface area (Å²) in [6.07, 6.45) is 0.872. The van der Waals surface area contributed by atoms with Gasteiger partial charge in [0.1, 0.15) is 5.75 Å². The zero-order chi connectivity index (χ0) is 23.9. The highest BCUT2D eigenvalue weighted by molar-refractivity contribution is 5.96. The maximum Gasteiger partial charge on any atom is 0.317 e. The average Bonchev–Trinajstić information content (AvgIpc) is 3.24. The van der Waals surface area contributed by atoms with Crippen LogP contribution in [0.2, 0.25) is 0 Å². The molecule has 0 aliphatic carbocycles. The molecule has 1 saturated heterocycles. The molecule has 8 nitrogen and oxygen atoms in total. The molecule has 3 N–H and O–H groups in total. The number of carbonyl (C=O) groups excluding carboxylic acids is 2. The van der Waals surface area contributed by atoms with Crippen molar-refractivity contribution in [2.24, 2.45) is 0 Å². The Kier molecular flexibility index (Phi) is 5.69. The summed E-state index contributed by atoms with van der Waals surface area (Å²) in [4.78, 5) is 33.2. The molecule has 1 spiro atoms. The maximum absolute atomic E-state index is 13.6. The normalized spacial score (nSPS) is 18.5. The molecule has 0 bridgehead atoms. The number of benzene rings is 2. The van der Waals surface area contributed by atoms with Crippen LogP contribution in [0.5, 0.6) is 5.75 Å². The van der Waals surface area contributed by atoms with E-state index in [9.17, 15) is 14.7 Å². The number of ether oxygens (including phenoxy) is 1. The van der Waals surface area contributed by atoms with Gasteiger partial charge in [-0.3, -0.25) is 4.79 Å². The van der Waals surface area contributed by atoms with Crippen LogP contribution in [0.15, 0.2) is 48.5 Å². The van der Waals surface area contributed by atoms with Crippen molar-refractivity contribution in [1.29, 1.82) is 0 Å². The van der Waals surface area contributed by atoms with E-state index in [-0.39, 0.29) is 18.5 Å². The van der Waals surface area contributed by atoms with Gasteiger partial charge in [0.05, 0.1) is 25.2 Å². The maximum atomic E-state index is 13.6. The number of nitrogens with zero attached hydrogens (tertiary/aromatic N) is 2. The fourth-order valence-corrected chi connectivity index (χ4v) is 5.40. The molecule has 2 aliphatic rings.